The molecule has 10 heteroatoms. The minimum Gasteiger partial charge on any atom is -0.508 e. The van der Waals surface area contributed by atoms with Crippen LogP contribution in [-0.4, -0.2) is 23.2 Å². The Morgan fingerprint density at radius 3 is 1.93 bits per heavy atom. The predicted octanol–water partition coefficient (Wildman–Crippen LogP) is 5.89. The van der Waals surface area contributed by atoms with Crippen LogP contribution in [0, 0.1) is 0 Å². The highest BCUT2D eigenvalue weighted by molar-refractivity contribution is 7.87. The molecule has 3 N–H and O–H groups in total. The van der Waals surface area contributed by atoms with Crippen molar-refractivity contribution in [2.24, 2.45) is 0 Å². The van der Waals surface area contributed by atoms with E-state index in [1.807, 2.05) is 0 Å². The minimum atomic E-state index is -5.09. The summed E-state index contributed by atoms with van der Waals surface area (Å²) in [5, 5.41) is 20.1. The van der Waals surface area contributed by atoms with Crippen molar-refractivity contribution in [3.8, 4) is 11.5 Å². The molecule has 0 saturated heterocycles. The van der Waals surface area contributed by atoms with Crippen LogP contribution in [0.25, 0.3) is 0 Å². The van der Waals surface area contributed by atoms with Gasteiger partial charge in [-0.1, -0.05) is 76.7 Å². The van der Waals surface area contributed by atoms with Crippen molar-refractivity contribution >= 4 is 56.5 Å². The average molecular weight is 494 g/mol. The number of hydrogen-bond donors (Lipinski definition) is 3. The second kappa shape index (κ2) is 7.87. The van der Waals surface area contributed by atoms with Crippen molar-refractivity contribution in [2.75, 3.05) is 0 Å². The SMILES string of the molecule is O=S(=O)(O)C(c1ccc(Cl)cc1)(c1ccccc1O)c1cc(Cl)c(Cl)c(O)c1Cl. The lowest BCUT2D eigenvalue weighted by atomic mass is 9.83. The van der Waals surface area contributed by atoms with Gasteiger partial charge < -0.3 is 10.2 Å². The predicted molar refractivity (Wildman–Crippen MR) is 114 cm³/mol. The lowest BCUT2D eigenvalue weighted by Gasteiger charge is -2.34. The van der Waals surface area contributed by atoms with Gasteiger partial charge in [0.05, 0.1) is 10.0 Å². The summed E-state index contributed by atoms with van der Waals surface area (Å²) >= 11 is 24.2. The van der Waals surface area contributed by atoms with Gasteiger partial charge in [0.1, 0.15) is 10.8 Å². The number of halogens is 4. The van der Waals surface area contributed by atoms with E-state index in [-0.39, 0.29) is 26.7 Å². The van der Waals surface area contributed by atoms with E-state index in [2.05, 4.69) is 0 Å². The van der Waals surface area contributed by atoms with Crippen molar-refractivity contribution in [1.82, 2.24) is 0 Å². The molecule has 1 unspecified atom stereocenters. The molecule has 3 rings (SSSR count). The topological polar surface area (TPSA) is 94.8 Å². The zero-order valence-electron chi connectivity index (χ0n) is 14.3. The Labute approximate surface area is 186 Å². The highest BCUT2D eigenvalue weighted by Crippen LogP contribution is 2.53. The molecule has 3 aromatic rings. The maximum Gasteiger partial charge on any atom is 0.283 e. The number of para-hydroxylation sites is 1. The summed E-state index contributed by atoms with van der Waals surface area (Å²) in [6, 6.07) is 12.1. The standard InChI is InChI=1S/C19H12Cl4O5S/c20-11-7-5-10(6-8-11)19(29(26,27)28,12-3-1-2-4-15(12)24)13-9-14(21)17(23)18(25)16(13)22/h1-9,24-25H,(H,26,27,28). The first kappa shape index (κ1) is 22.0. The second-order valence-corrected chi connectivity index (χ2v) is 9.22. The third-order valence-electron chi connectivity index (χ3n) is 4.43. The summed E-state index contributed by atoms with van der Waals surface area (Å²) in [6.07, 6.45) is 0. The van der Waals surface area contributed by atoms with Gasteiger partial charge in [0, 0.05) is 16.1 Å². The summed E-state index contributed by atoms with van der Waals surface area (Å²) in [5.74, 6) is -1.12. The van der Waals surface area contributed by atoms with E-state index in [0.717, 1.165) is 6.07 Å². The van der Waals surface area contributed by atoms with Crippen LogP contribution in [0.5, 0.6) is 11.5 Å². The largest absolute Gasteiger partial charge is 0.508 e. The van der Waals surface area contributed by atoms with Crippen molar-refractivity contribution in [3.63, 3.8) is 0 Å². The highest BCUT2D eigenvalue weighted by Gasteiger charge is 2.52. The fraction of sp³-hybridized carbons (Fsp3) is 0.0526. The number of benzene rings is 3. The maximum atomic E-state index is 12.9. The van der Waals surface area contributed by atoms with Crippen LogP contribution in [0.3, 0.4) is 0 Å². The van der Waals surface area contributed by atoms with Crippen LogP contribution < -0.4 is 0 Å². The number of rotatable bonds is 4. The number of hydrogen-bond acceptors (Lipinski definition) is 4. The fourth-order valence-corrected chi connectivity index (χ4v) is 5.38. The molecule has 0 saturated carbocycles. The number of aromatic hydroxyl groups is 2. The first-order valence-electron chi connectivity index (χ1n) is 7.90. The van der Waals surface area contributed by atoms with Crippen LogP contribution in [0.4, 0.5) is 0 Å². The summed E-state index contributed by atoms with van der Waals surface area (Å²) in [7, 11) is -5.09. The Morgan fingerprint density at radius 1 is 0.793 bits per heavy atom. The van der Waals surface area contributed by atoms with Gasteiger partial charge in [-0.15, -0.1) is 0 Å². The first-order valence-corrected chi connectivity index (χ1v) is 10.9. The van der Waals surface area contributed by atoms with Gasteiger partial charge >= 0.3 is 0 Å². The van der Waals surface area contributed by atoms with Gasteiger partial charge in [-0.3, -0.25) is 4.55 Å². The molecule has 152 valence electrons. The molecule has 0 heterocycles. The van der Waals surface area contributed by atoms with Gasteiger partial charge in [-0.25, -0.2) is 0 Å². The van der Waals surface area contributed by atoms with Gasteiger partial charge in [-0.2, -0.15) is 8.42 Å². The normalized spacial score (nSPS) is 13.8. The molecule has 0 radical (unpaired) electrons. The average Bonchev–Trinajstić information content (AvgIpc) is 2.66. The molecule has 0 fully saturated rings. The molecule has 0 aliphatic heterocycles. The zero-order chi connectivity index (χ0) is 21.6. The lowest BCUT2D eigenvalue weighted by molar-refractivity contribution is 0.439. The lowest BCUT2D eigenvalue weighted by Crippen LogP contribution is -2.38. The molecule has 0 aromatic heterocycles. The van der Waals surface area contributed by atoms with Crippen LogP contribution >= 0.6 is 46.4 Å². The van der Waals surface area contributed by atoms with E-state index in [0.29, 0.717) is 5.02 Å². The molecular formula is C19H12Cl4O5S. The van der Waals surface area contributed by atoms with Crippen LogP contribution in [0.15, 0.2) is 54.6 Å². The molecule has 29 heavy (non-hydrogen) atoms. The molecule has 0 bridgehead atoms. The third-order valence-corrected chi connectivity index (χ3v) is 7.29. The molecule has 0 aliphatic carbocycles. The molecule has 3 aromatic carbocycles. The Balaban J connectivity index is 2.62. The Morgan fingerprint density at radius 2 is 1.38 bits per heavy atom. The summed E-state index contributed by atoms with van der Waals surface area (Å²) in [4.78, 5) is 0. The van der Waals surface area contributed by atoms with E-state index in [1.54, 1.807) is 0 Å². The van der Waals surface area contributed by atoms with E-state index < -0.39 is 31.4 Å². The van der Waals surface area contributed by atoms with Gasteiger partial charge in [0.15, 0.2) is 10.5 Å². The second-order valence-electron chi connectivity index (χ2n) is 6.06. The summed E-state index contributed by atoms with van der Waals surface area (Å²) in [5.41, 5.74) is -0.535. The Hall–Kier alpha value is -1.67. The van der Waals surface area contributed by atoms with Gasteiger partial charge in [-0.05, 0) is 29.8 Å². The highest BCUT2D eigenvalue weighted by atomic mass is 35.5. The number of phenols is 2. The molecule has 5 nitrogen and oxygen atoms in total. The number of phenolic OH excluding ortho intramolecular Hbond substituents is 2. The molecule has 1 atom stereocenters. The van der Waals surface area contributed by atoms with Crippen molar-refractivity contribution < 1.29 is 23.2 Å². The Bertz CT molecular complexity index is 1200. The van der Waals surface area contributed by atoms with Crippen LogP contribution in [0.2, 0.25) is 20.1 Å². The molecule has 0 amide bonds. The van der Waals surface area contributed by atoms with E-state index in [9.17, 15) is 23.2 Å². The van der Waals surface area contributed by atoms with Crippen molar-refractivity contribution in [1.29, 1.82) is 0 Å². The van der Waals surface area contributed by atoms with Crippen LogP contribution in [0.1, 0.15) is 16.7 Å². The first-order chi connectivity index (χ1) is 13.5. The molecule has 0 aliphatic rings. The molecular weight excluding hydrogens is 482 g/mol. The van der Waals surface area contributed by atoms with Gasteiger partial charge in [0.25, 0.3) is 10.1 Å². The Kier molecular flexibility index (Phi) is 5.98. The minimum absolute atomic E-state index is 0.00871. The quantitative estimate of drug-likeness (QED) is 0.239. The van der Waals surface area contributed by atoms with Crippen molar-refractivity contribution in [3.05, 3.63) is 91.4 Å². The van der Waals surface area contributed by atoms with Crippen molar-refractivity contribution in [2.45, 2.75) is 4.75 Å². The fourth-order valence-electron chi connectivity index (χ4n) is 3.19. The van der Waals surface area contributed by atoms with E-state index in [4.69, 9.17) is 46.4 Å². The third kappa shape index (κ3) is 3.54. The smallest absolute Gasteiger partial charge is 0.283 e. The van der Waals surface area contributed by atoms with Crippen LogP contribution in [-0.2, 0) is 14.9 Å². The van der Waals surface area contributed by atoms with E-state index in [1.165, 1.54) is 48.5 Å². The van der Waals surface area contributed by atoms with Gasteiger partial charge in [0.2, 0.25) is 0 Å². The van der Waals surface area contributed by atoms with E-state index >= 15 is 0 Å². The maximum absolute atomic E-state index is 12.9. The zero-order valence-corrected chi connectivity index (χ0v) is 18.1. The monoisotopic (exact) mass is 492 g/mol. The summed E-state index contributed by atoms with van der Waals surface area (Å²) < 4.78 is 33.9. The summed E-state index contributed by atoms with van der Waals surface area (Å²) in [6.45, 7) is 0. The molecule has 0 spiro atoms.